The maximum atomic E-state index is 13.4. The highest BCUT2D eigenvalue weighted by molar-refractivity contribution is 5.99. The van der Waals surface area contributed by atoms with Gasteiger partial charge >= 0.3 is 18.0 Å². The van der Waals surface area contributed by atoms with Crippen LogP contribution in [0.5, 0.6) is 0 Å². The summed E-state index contributed by atoms with van der Waals surface area (Å²) in [5.41, 5.74) is 3.65. The minimum atomic E-state index is -1.86. The lowest BCUT2D eigenvalue weighted by Crippen LogP contribution is -2.61. The fourth-order valence-electron chi connectivity index (χ4n) is 4.86. The molecule has 18 nitrogen and oxygen atoms in total. The van der Waals surface area contributed by atoms with Crippen molar-refractivity contribution < 1.29 is 58.4 Å². The van der Waals surface area contributed by atoms with Gasteiger partial charge in [-0.15, -0.1) is 0 Å². The summed E-state index contributed by atoms with van der Waals surface area (Å²) in [6, 6.07) is 13.3. The van der Waals surface area contributed by atoms with Crippen molar-refractivity contribution in [3.8, 4) is 0 Å². The number of hydrogen-bond acceptors (Lipinski definition) is 10. The van der Waals surface area contributed by atoms with Gasteiger partial charge in [0.1, 0.15) is 31.3 Å². The molecular formula is C37H48N6O12. The lowest BCUT2D eigenvalue weighted by atomic mass is 10.0. The normalized spacial score (nSPS) is 13.0. The van der Waals surface area contributed by atoms with Crippen LogP contribution in [0.15, 0.2) is 72.8 Å². The predicted molar refractivity (Wildman–Crippen MR) is 195 cm³/mol. The van der Waals surface area contributed by atoms with Gasteiger partial charge in [0.25, 0.3) is 11.8 Å². The number of hydrogen-bond donors (Lipinski definition) is 8. The van der Waals surface area contributed by atoms with E-state index in [0.29, 0.717) is 23.1 Å². The quantitative estimate of drug-likeness (QED) is 0.0634. The molecule has 298 valence electrons. The van der Waals surface area contributed by atoms with E-state index in [0.717, 1.165) is 18.6 Å². The van der Waals surface area contributed by atoms with E-state index < -0.39 is 91.2 Å². The van der Waals surface area contributed by atoms with Crippen molar-refractivity contribution in [1.29, 1.82) is 0 Å². The molecule has 6 amide bonds. The summed E-state index contributed by atoms with van der Waals surface area (Å²) in [7, 11) is 0. The van der Waals surface area contributed by atoms with Crippen molar-refractivity contribution in [2.24, 2.45) is 5.92 Å². The van der Waals surface area contributed by atoms with Gasteiger partial charge in [-0.2, -0.15) is 0 Å². The fraction of sp³-hybridized carbons (Fsp3) is 0.405. The lowest BCUT2D eigenvalue weighted by molar-refractivity contribution is -0.149. The molecular weight excluding hydrogens is 720 g/mol. The third-order valence-corrected chi connectivity index (χ3v) is 7.61. The van der Waals surface area contributed by atoms with Gasteiger partial charge in [0.05, 0.1) is 6.10 Å². The summed E-state index contributed by atoms with van der Waals surface area (Å²) in [5.74, 6) is -8.08. The summed E-state index contributed by atoms with van der Waals surface area (Å²) < 4.78 is 5.21. The molecule has 0 aliphatic rings. The van der Waals surface area contributed by atoms with Crippen LogP contribution in [0, 0.1) is 5.92 Å². The van der Waals surface area contributed by atoms with E-state index >= 15 is 0 Å². The van der Waals surface area contributed by atoms with E-state index in [1.807, 2.05) is 35.8 Å². The molecule has 0 spiro atoms. The number of ether oxygens (including phenoxy) is 1. The zero-order valence-corrected chi connectivity index (χ0v) is 30.7. The van der Waals surface area contributed by atoms with E-state index in [1.54, 1.807) is 44.2 Å². The first-order valence-electron chi connectivity index (χ1n) is 17.4. The average molecular weight is 769 g/mol. The molecule has 0 aliphatic heterocycles. The van der Waals surface area contributed by atoms with Crippen molar-refractivity contribution in [2.75, 3.05) is 13.1 Å². The van der Waals surface area contributed by atoms with Crippen molar-refractivity contribution >= 4 is 47.6 Å². The Morgan fingerprint density at radius 2 is 1.35 bits per heavy atom. The zero-order chi connectivity index (χ0) is 40.9. The van der Waals surface area contributed by atoms with Crippen molar-refractivity contribution in [3.63, 3.8) is 0 Å². The topological polar surface area (TPSA) is 270 Å². The van der Waals surface area contributed by atoms with E-state index in [4.69, 9.17) is 4.74 Å². The predicted octanol–water partition coefficient (Wildman–Crippen LogP) is 0.402. The second kappa shape index (κ2) is 23.4. The molecule has 0 bridgehead atoms. The molecule has 2 aromatic rings. The Balaban J connectivity index is 2.13. The minimum Gasteiger partial charge on any atom is -0.481 e. The van der Waals surface area contributed by atoms with E-state index in [1.165, 1.54) is 0 Å². The molecule has 2 rings (SSSR count). The molecule has 0 saturated carbocycles. The van der Waals surface area contributed by atoms with E-state index in [-0.39, 0.29) is 25.5 Å². The lowest BCUT2D eigenvalue weighted by Gasteiger charge is -2.28. The van der Waals surface area contributed by atoms with Crippen LogP contribution in [-0.2, 0) is 51.3 Å². The number of nitrogens with zero attached hydrogens (tertiary/aromatic N) is 1. The number of aliphatic hydroxyl groups is 1. The highest BCUT2D eigenvalue weighted by atomic mass is 16.5. The standard InChI is InChI=1S/C37H48N6O12/c1-23(2)20-28(40-37(54)55-22-26-12-8-5-9-13-26)35(52)39-27(14-17-31(47)48)34(51)41-33(24(3)44)36(53)42-43(21-32(49)50)30(46)16-15-29(45)38-19-18-25-10-6-4-7-11-25/h4-13,15-16,23-24,27-28,33,44H,14,17-22H2,1-3H3,(H,38,45)(H,39,52)(H,40,54)(H,41,51)(H,42,53)(H,47,48)(H,49,50)/b16-15+/t24-,27+,28+,33+/m1/s1. The Morgan fingerprint density at radius 1 is 0.745 bits per heavy atom. The molecule has 0 saturated heterocycles. The number of rotatable bonds is 21. The van der Waals surface area contributed by atoms with Crippen molar-refractivity contribution in [3.05, 3.63) is 83.9 Å². The highest BCUT2D eigenvalue weighted by Crippen LogP contribution is 2.09. The maximum absolute atomic E-state index is 13.4. The minimum absolute atomic E-state index is 0.0918. The van der Waals surface area contributed by atoms with Gasteiger partial charge in [-0.3, -0.25) is 39.0 Å². The number of aliphatic hydroxyl groups excluding tert-OH is 1. The first kappa shape index (κ1) is 44.9. The van der Waals surface area contributed by atoms with Gasteiger partial charge in [-0.1, -0.05) is 74.5 Å². The number of hydrazine groups is 1. The molecule has 0 radical (unpaired) electrons. The Bertz CT molecular complexity index is 1650. The monoisotopic (exact) mass is 768 g/mol. The first-order chi connectivity index (χ1) is 26.0. The maximum Gasteiger partial charge on any atom is 0.408 e. The van der Waals surface area contributed by atoms with Gasteiger partial charge in [-0.05, 0) is 43.2 Å². The molecule has 55 heavy (non-hydrogen) atoms. The van der Waals surface area contributed by atoms with Gasteiger partial charge < -0.3 is 41.3 Å². The van der Waals surface area contributed by atoms with E-state index in [2.05, 4.69) is 21.3 Å². The molecule has 0 aromatic heterocycles. The van der Waals surface area contributed by atoms with Crippen LogP contribution in [0.25, 0.3) is 0 Å². The number of carbonyl (C=O) groups excluding carboxylic acids is 6. The second-order valence-electron chi connectivity index (χ2n) is 12.8. The van der Waals surface area contributed by atoms with Crippen molar-refractivity contribution in [1.82, 2.24) is 31.7 Å². The number of nitrogens with one attached hydrogen (secondary N) is 5. The van der Waals surface area contributed by atoms with Gasteiger partial charge in [-0.25, -0.2) is 9.80 Å². The summed E-state index contributed by atoms with van der Waals surface area (Å²) in [6.07, 6.45) is -1.54. The average Bonchev–Trinajstić information content (AvgIpc) is 3.13. The third-order valence-electron chi connectivity index (χ3n) is 7.61. The molecule has 4 atom stereocenters. The second-order valence-corrected chi connectivity index (χ2v) is 12.8. The zero-order valence-electron chi connectivity index (χ0n) is 30.7. The molecule has 2 aromatic carbocycles. The molecule has 0 aliphatic carbocycles. The summed E-state index contributed by atoms with van der Waals surface area (Å²) in [5, 5.41) is 39.0. The van der Waals surface area contributed by atoms with Crippen LogP contribution in [-0.4, -0.2) is 105 Å². The largest absolute Gasteiger partial charge is 0.481 e. The number of carboxylic acids is 2. The third kappa shape index (κ3) is 17.9. The Labute approximate surface area is 317 Å². The molecule has 0 fully saturated rings. The molecule has 18 heteroatoms. The molecule has 0 unspecified atom stereocenters. The van der Waals surface area contributed by atoms with Gasteiger partial charge in [0, 0.05) is 25.1 Å². The summed E-state index contributed by atoms with van der Waals surface area (Å²) in [6.45, 7) is 3.70. The van der Waals surface area contributed by atoms with Crippen LogP contribution >= 0.6 is 0 Å². The molecule has 8 N–H and O–H groups in total. The summed E-state index contributed by atoms with van der Waals surface area (Å²) in [4.78, 5) is 101. The van der Waals surface area contributed by atoms with Crippen molar-refractivity contribution in [2.45, 2.75) is 77.3 Å². The molecule has 0 heterocycles. The summed E-state index contributed by atoms with van der Waals surface area (Å²) >= 11 is 0. The smallest absolute Gasteiger partial charge is 0.408 e. The number of alkyl carbamates (subject to hydrolysis) is 1. The first-order valence-corrected chi connectivity index (χ1v) is 17.4. The van der Waals surface area contributed by atoms with Crippen LogP contribution in [0.3, 0.4) is 0 Å². The SMILES string of the molecule is CC(C)C[C@H](NC(=O)OCc1ccccc1)C(=O)N[C@@H](CCC(=O)O)C(=O)N[C@H](C(=O)NN(CC(=O)O)C(=O)/C=C/C(=O)NCCc1ccccc1)[C@@H](C)O. The number of carboxylic acid groups (broad SMARTS) is 2. The number of benzene rings is 2. The highest BCUT2D eigenvalue weighted by Gasteiger charge is 2.33. The Kier molecular flexibility index (Phi) is 19.1. The Hall–Kier alpha value is -6.30. The Morgan fingerprint density at radius 3 is 1.91 bits per heavy atom. The van der Waals surface area contributed by atoms with E-state index in [9.17, 15) is 53.7 Å². The van der Waals surface area contributed by atoms with Gasteiger partial charge in [0.15, 0.2) is 0 Å². The number of amides is 6. The number of carbonyl (C=O) groups is 8. The van der Waals surface area contributed by atoms with Gasteiger partial charge in [0.2, 0.25) is 17.7 Å². The van der Waals surface area contributed by atoms with Crippen LogP contribution in [0.2, 0.25) is 0 Å². The van der Waals surface area contributed by atoms with Crippen LogP contribution in [0.4, 0.5) is 4.79 Å². The van der Waals surface area contributed by atoms with Crippen LogP contribution in [0.1, 0.15) is 51.2 Å². The fourth-order valence-corrected chi connectivity index (χ4v) is 4.86. The van der Waals surface area contributed by atoms with Crippen LogP contribution < -0.4 is 26.7 Å². The number of aliphatic carboxylic acids is 2.